The Hall–Kier alpha value is -1.30. The van der Waals surface area contributed by atoms with Gasteiger partial charge in [0.25, 0.3) is 0 Å². The third kappa shape index (κ3) is 2.75. The van der Waals surface area contributed by atoms with Gasteiger partial charge in [0.05, 0.1) is 11.6 Å². The van der Waals surface area contributed by atoms with Gasteiger partial charge in [-0.05, 0) is 18.9 Å². The maximum Gasteiger partial charge on any atom is 0.240 e. The van der Waals surface area contributed by atoms with Crippen LogP contribution in [-0.4, -0.2) is 31.3 Å². The lowest BCUT2D eigenvalue weighted by Crippen LogP contribution is -2.57. The number of fused-ring (bicyclic) bond motifs is 1. The van der Waals surface area contributed by atoms with Crippen LogP contribution in [0.3, 0.4) is 0 Å². The normalized spacial score (nSPS) is 23.1. The third-order valence-electron chi connectivity index (χ3n) is 3.84. The van der Waals surface area contributed by atoms with Crippen molar-refractivity contribution in [3.8, 4) is 5.75 Å². The molecule has 0 bridgehead atoms. The van der Waals surface area contributed by atoms with E-state index >= 15 is 0 Å². The molecule has 110 valence electrons. The number of hydrogen-bond acceptors (Lipinski definition) is 4. The van der Waals surface area contributed by atoms with E-state index in [1.165, 1.54) is 0 Å². The molecule has 0 radical (unpaired) electrons. The highest BCUT2D eigenvalue weighted by Gasteiger charge is 2.38. The van der Waals surface area contributed by atoms with Gasteiger partial charge in [-0.1, -0.05) is 18.2 Å². The molecule has 1 atom stereocenters. The number of carbonyl (C=O) groups is 1. The van der Waals surface area contributed by atoms with Gasteiger partial charge in [0.15, 0.2) is 0 Å². The Morgan fingerprint density at radius 2 is 2.00 bits per heavy atom. The first-order chi connectivity index (χ1) is 9.19. The Morgan fingerprint density at radius 1 is 1.30 bits per heavy atom. The molecule has 3 rings (SSSR count). The van der Waals surface area contributed by atoms with Crippen LogP contribution in [0, 0.1) is 0 Å². The van der Waals surface area contributed by atoms with E-state index in [0.717, 1.165) is 11.3 Å². The fourth-order valence-corrected chi connectivity index (χ4v) is 2.55. The topological polar surface area (TPSA) is 73.6 Å². The molecule has 0 aliphatic carbocycles. The van der Waals surface area contributed by atoms with Crippen LogP contribution in [0.2, 0.25) is 0 Å². The Balaban J connectivity index is 0.00000147. The summed E-state index contributed by atoms with van der Waals surface area (Å²) in [7, 11) is 0. The molecule has 6 heteroatoms. The van der Waals surface area contributed by atoms with Crippen molar-refractivity contribution in [2.45, 2.75) is 24.4 Å². The second-order valence-corrected chi connectivity index (χ2v) is 5.14. The molecule has 2 aliphatic heterocycles. The molecule has 1 amide bonds. The zero-order valence-electron chi connectivity index (χ0n) is 11.1. The van der Waals surface area contributed by atoms with Crippen LogP contribution >= 0.6 is 12.4 Å². The summed E-state index contributed by atoms with van der Waals surface area (Å²) in [6, 6.07) is 7.65. The minimum Gasteiger partial charge on any atom is -0.491 e. The van der Waals surface area contributed by atoms with Crippen LogP contribution in [0.4, 0.5) is 0 Å². The van der Waals surface area contributed by atoms with Crippen molar-refractivity contribution >= 4 is 18.3 Å². The second-order valence-electron chi connectivity index (χ2n) is 5.14. The number of halogens is 1. The summed E-state index contributed by atoms with van der Waals surface area (Å²) >= 11 is 0. The van der Waals surface area contributed by atoms with Crippen molar-refractivity contribution in [1.82, 2.24) is 5.32 Å². The van der Waals surface area contributed by atoms with Gasteiger partial charge in [-0.3, -0.25) is 4.79 Å². The van der Waals surface area contributed by atoms with Crippen molar-refractivity contribution in [2.24, 2.45) is 5.73 Å². The van der Waals surface area contributed by atoms with E-state index in [0.29, 0.717) is 32.7 Å². The summed E-state index contributed by atoms with van der Waals surface area (Å²) in [5.74, 6) is 0.729. The number of carbonyl (C=O) groups excluding carboxylic acids is 1. The van der Waals surface area contributed by atoms with Crippen molar-refractivity contribution < 1.29 is 14.3 Å². The molecule has 1 aromatic rings. The van der Waals surface area contributed by atoms with Crippen LogP contribution in [0.5, 0.6) is 5.75 Å². The lowest BCUT2D eigenvalue weighted by atomic mass is 9.90. The minimum atomic E-state index is -0.810. The number of nitrogens with two attached hydrogens (primary N) is 1. The monoisotopic (exact) mass is 298 g/mol. The van der Waals surface area contributed by atoms with Crippen molar-refractivity contribution in [3.05, 3.63) is 29.8 Å². The second kappa shape index (κ2) is 5.99. The molecule has 1 unspecified atom stereocenters. The number of nitrogens with one attached hydrogen (secondary N) is 1. The molecule has 0 spiro atoms. The molecule has 1 aromatic carbocycles. The van der Waals surface area contributed by atoms with E-state index in [1.807, 2.05) is 24.3 Å². The molecule has 3 N–H and O–H groups in total. The average molecular weight is 299 g/mol. The molecule has 5 nitrogen and oxygen atoms in total. The highest BCUT2D eigenvalue weighted by Crippen LogP contribution is 2.32. The SMILES string of the molecule is Cl.NC1(C(=O)NC2COc3ccccc32)CCOCC1. The highest BCUT2D eigenvalue weighted by molar-refractivity contribution is 5.86. The van der Waals surface area contributed by atoms with E-state index in [2.05, 4.69) is 5.32 Å². The molecule has 1 fully saturated rings. The van der Waals surface area contributed by atoms with E-state index in [-0.39, 0.29) is 24.4 Å². The molecule has 1 saturated heterocycles. The average Bonchev–Trinajstić information content (AvgIpc) is 2.83. The van der Waals surface area contributed by atoms with Gasteiger partial charge in [0.2, 0.25) is 5.91 Å². The lowest BCUT2D eigenvalue weighted by molar-refractivity contribution is -0.130. The summed E-state index contributed by atoms with van der Waals surface area (Å²) in [5.41, 5.74) is 6.38. The zero-order valence-corrected chi connectivity index (χ0v) is 11.9. The predicted octanol–water partition coefficient (Wildman–Crippen LogP) is 1.17. The molecule has 2 heterocycles. The molecule has 20 heavy (non-hydrogen) atoms. The Labute approximate surface area is 124 Å². The van der Waals surface area contributed by atoms with E-state index in [1.54, 1.807) is 0 Å². The van der Waals surface area contributed by atoms with Crippen LogP contribution < -0.4 is 15.8 Å². The van der Waals surface area contributed by atoms with Crippen LogP contribution in [-0.2, 0) is 9.53 Å². The summed E-state index contributed by atoms with van der Waals surface area (Å²) in [6.07, 6.45) is 1.13. The van der Waals surface area contributed by atoms with E-state index < -0.39 is 5.54 Å². The number of benzene rings is 1. The van der Waals surface area contributed by atoms with Crippen LogP contribution in [0.15, 0.2) is 24.3 Å². The Bertz CT molecular complexity index is 489. The van der Waals surface area contributed by atoms with Crippen LogP contribution in [0.25, 0.3) is 0 Å². The van der Waals surface area contributed by atoms with Gasteiger partial charge in [-0.25, -0.2) is 0 Å². The molecular weight excluding hydrogens is 280 g/mol. The fraction of sp³-hybridized carbons (Fsp3) is 0.500. The summed E-state index contributed by atoms with van der Waals surface area (Å²) < 4.78 is 10.8. The summed E-state index contributed by atoms with van der Waals surface area (Å²) in [5, 5.41) is 3.00. The molecule has 0 saturated carbocycles. The lowest BCUT2D eigenvalue weighted by Gasteiger charge is -2.32. The Kier molecular flexibility index (Phi) is 4.52. The van der Waals surface area contributed by atoms with Crippen molar-refractivity contribution in [1.29, 1.82) is 0 Å². The number of rotatable bonds is 2. The van der Waals surface area contributed by atoms with Crippen LogP contribution in [0.1, 0.15) is 24.4 Å². The standard InChI is InChI=1S/C14H18N2O3.ClH/c15-14(5-7-18-8-6-14)13(17)16-11-9-19-12-4-2-1-3-10(11)12;/h1-4,11H,5-9,15H2,(H,16,17);1H. The highest BCUT2D eigenvalue weighted by atomic mass is 35.5. The number of ether oxygens (including phenoxy) is 2. The smallest absolute Gasteiger partial charge is 0.240 e. The first-order valence-corrected chi connectivity index (χ1v) is 6.58. The predicted molar refractivity (Wildman–Crippen MR) is 77.0 cm³/mol. The van der Waals surface area contributed by atoms with Crippen molar-refractivity contribution in [2.75, 3.05) is 19.8 Å². The quantitative estimate of drug-likeness (QED) is 0.859. The van der Waals surface area contributed by atoms with Gasteiger partial charge in [-0.15, -0.1) is 12.4 Å². The maximum atomic E-state index is 12.3. The molecule has 0 aromatic heterocycles. The van der Waals surface area contributed by atoms with Crippen molar-refractivity contribution in [3.63, 3.8) is 0 Å². The molecule has 2 aliphatic rings. The Morgan fingerprint density at radius 3 is 2.75 bits per heavy atom. The maximum absolute atomic E-state index is 12.3. The number of para-hydroxylation sites is 1. The fourth-order valence-electron chi connectivity index (χ4n) is 2.55. The van der Waals surface area contributed by atoms with Gasteiger partial charge >= 0.3 is 0 Å². The first-order valence-electron chi connectivity index (χ1n) is 6.58. The summed E-state index contributed by atoms with van der Waals surface area (Å²) in [6.45, 7) is 1.56. The van der Waals surface area contributed by atoms with Gasteiger partial charge in [0, 0.05) is 18.8 Å². The molecular formula is C14H19ClN2O3. The van der Waals surface area contributed by atoms with Gasteiger partial charge in [-0.2, -0.15) is 0 Å². The summed E-state index contributed by atoms with van der Waals surface area (Å²) in [4.78, 5) is 12.3. The van der Waals surface area contributed by atoms with Gasteiger partial charge < -0.3 is 20.5 Å². The van der Waals surface area contributed by atoms with Gasteiger partial charge in [0.1, 0.15) is 12.4 Å². The minimum absolute atomic E-state index is 0. The van der Waals surface area contributed by atoms with E-state index in [9.17, 15) is 4.79 Å². The largest absolute Gasteiger partial charge is 0.491 e. The van der Waals surface area contributed by atoms with E-state index in [4.69, 9.17) is 15.2 Å². The third-order valence-corrected chi connectivity index (χ3v) is 3.84. The number of hydrogen-bond donors (Lipinski definition) is 2. The first kappa shape index (κ1) is 15.1. The number of amides is 1. The zero-order chi connectivity index (χ0) is 13.3.